The summed E-state index contributed by atoms with van der Waals surface area (Å²) in [4.78, 5) is 28.4. The van der Waals surface area contributed by atoms with Crippen LogP contribution >= 0.6 is 0 Å². The molecule has 0 bridgehead atoms. The van der Waals surface area contributed by atoms with Gasteiger partial charge in [0.05, 0.1) is 11.0 Å². The van der Waals surface area contributed by atoms with E-state index in [1.807, 2.05) is 35.8 Å². The Bertz CT molecular complexity index is 1280. The lowest BCUT2D eigenvalue weighted by Gasteiger charge is -2.16. The average Bonchev–Trinajstić information content (AvgIpc) is 3.31. The molecule has 1 saturated carbocycles. The lowest BCUT2D eigenvalue weighted by atomic mass is 10.1. The molecule has 0 saturated heterocycles. The van der Waals surface area contributed by atoms with Crippen LogP contribution < -0.4 is 5.56 Å². The SMILES string of the molecule is Cc1nc2c(c(=O)n1C1CCCC1)c1nc3ccccc3nc1n2CCC(C)C. The fourth-order valence-corrected chi connectivity index (χ4v) is 4.67. The average molecular weight is 390 g/mol. The van der Waals surface area contributed by atoms with Crippen molar-refractivity contribution in [3.63, 3.8) is 0 Å². The maximum atomic E-state index is 13.7. The van der Waals surface area contributed by atoms with E-state index in [9.17, 15) is 4.79 Å². The van der Waals surface area contributed by atoms with E-state index in [2.05, 4.69) is 18.4 Å². The molecule has 0 aliphatic heterocycles. The third-order valence-electron chi connectivity index (χ3n) is 6.19. The Labute approximate surface area is 169 Å². The van der Waals surface area contributed by atoms with E-state index in [0.717, 1.165) is 54.0 Å². The van der Waals surface area contributed by atoms with E-state index in [1.54, 1.807) is 0 Å². The van der Waals surface area contributed by atoms with Crippen LogP contribution in [0, 0.1) is 12.8 Å². The van der Waals surface area contributed by atoms with Crippen LogP contribution in [0.2, 0.25) is 0 Å². The summed E-state index contributed by atoms with van der Waals surface area (Å²) >= 11 is 0. The Kier molecular flexibility index (Phi) is 4.37. The molecule has 0 atom stereocenters. The van der Waals surface area contributed by atoms with Crippen molar-refractivity contribution in [1.29, 1.82) is 0 Å². The van der Waals surface area contributed by atoms with Crippen molar-refractivity contribution in [2.45, 2.75) is 65.5 Å². The highest BCUT2D eigenvalue weighted by atomic mass is 16.1. The van der Waals surface area contributed by atoms with Gasteiger partial charge in [-0.05, 0) is 44.2 Å². The summed E-state index contributed by atoms with van der Waals surface area (Å²) in [5.74, 6) is 1.35. The third kappa shape index (κ3) is 2.93. The van der Waals surface area contributed by atoms with Gasteiger partial charge in [-0.25, -0.2) is 15.0 Å². The summed E-state index contributed by atoms with van der Waals surface area (Å²) in [5.41, 5.74) is 3.89. The molecule has 150 valence electrons. The van der Waals surface area contributed by atoms with Crippen LogP contribution in [0.15, 0.2) is 29.1 Å². The van der Waals surface area contributed by atoms with Crippen LogP contribution in [0.3, 0.4) is 0 Å². The van der Waals surface area contributed by atoms with Gasteiger partial charge in [0.2, 0.25) is 0 Å². The minimum Gasteiger partial charge on any atom is -0.308 e. The number of aryl methyl sites for hydroxylation is 2. The molecule has 1 fully saturated rings. The molecule has 5 rings (SSSR count). The van der Waals surface area contributed by atoms with E-state index in [1.165, 1.54) is 12.8 Å². The predicted molar refractivity (Wildman–Crippen MR) is 116 cm³/mol. The Morgan fingerprint density at radius 3 is 2.41 bits per heavy atom. The summed E-state index contributed by atoms with van der Waals surface area (Å²) in [6.07, 6.45) is 5.45. The highest BCUT2D eigenvalue weighted by Crippen LogP contribution is 2.31. The first kappa shape index (κ1) is 18.3. The highest BCUT2D eigenvalue weighted by Gasteiger charge is 2.25. The molecule has 3 heterocycles. The number of rotatable bonds is 4. The van der Waals surface area contributed by atoms with Gasteiger partial charge in [-0.3, -0.25) is 9.36 Å². The minimum absolute atomic E-state index is 0.0391. The summed E-state index contributed by atoms with van der Waals surface area (Å²) < 4.78 is 4.02. The van der Waals surface area contributed by atoms with Crippen molar-refractivity contribution in [2.75, 3.05) is 0 Å². The Morgan fingerprint density at radius 1 is 1.03 bits per heavy atom. The van der Waals surface area contributed by atoms with Crippen molar-refractivity contribution < 1.29 is 0 Å². The molecule has 6 heteroatoms. The van der Waals surface area contributed by atoms with Gasteiger partial charge < -0.3 is 4.57 Å². The molecule has 0 radical (unpaired) electrons. The van der Waals surface area contributed by atoms with Gasteiger partial charge in [-0.1, -0.05) is 38.8 Å². The van der Waals surface area contributed by atoms with Crippen LogP contribution in [-0.2, 0) is 6.54 Å². The topological polar surface area (TPSA) is 65.6 Å². The fourth-order valence-electron chi connectivity index (χ4n) is 4.67. The summed E-state index contributed by atoms with van der Waals surface area (Å²) in [6, 6.07) is 8.11. The standard InChI is InChI=1S/C23H27N5O/c1-14(2)12-13-27-21-19(20-22(27)26-18-11-7-6-10-17(18)25-20)23(29)28(15(3)24-21)16-8-4-5-9-16/h6-7,10-11,14,16H,4-5,8-9,12-13H2,1-3H3. The lowest BCUT2D eigenvalue weighted by Crippen LogP contribution is -2.27. The zero-order valence-electron chi connectivity index (χ0n) is 17.4. The summed E-state index contributed by atoms with van der Waals surface area (Å²) in [5, 5.41) is 0.625. The molecular weight excluding hydrogens is 362 g/mol. The van der Waals surface area contributed by atoms with E-state index >= 15 is 0 Å². The summed E-state index contributed by atoms with van der Waals surface area (Å²) in [6.45, 7) is 7.16. The van der Waals surface area contributed by atoms with Gasteiger partial charge >= 0.3 is 0 Å². The van der Waals surface area contributed by atoms with Crippen molar-refractivity contribution >= 4 is 33.2 Å². The van der Waals surface area contributed by atoms with Crippen molar-refractivity contribution in [2.24, 2.45) is 5.92 Å². The van der Waals surface area contributed by atoms with E-state index in [0.29, 0.717) is 16.8 Å². The monoisotopic (exact) mass is 389 g/mol. The Hall–Kier alpha value is -2.76. The number of benzene rings is 1. The third-order valence-corrected chi connectivity index (χ3v) is 6.19. The van der Waals surface area contributed by atoms with Gasteiger partial charge in [-0.2, -0.15) is 0 Å². The van der Waals surface area contributed by atoms with Crippen molar-refractivity contribution in [1.82, 2.24) is 24.1 Å². The zero-order chi connectivity index (χ0) is 20.1. The highest BCUT2D eigenvalue weighted by molar-refractivity contribution is 6.04. The van der Waals surface area contributed by atoms with Crippen LogP contribution in [0.1, 0.15) is 57.8 Å². The second-order valence-electron chi connectivity index (χ2n) is 8.69. The molecule has 1 aromatic carbocycles. The quantitative estimate of drug-likeness (QED) is 0.504. The Morgan fingerprint density at radius 2 is 1.72 bits per heavy atom. The van der Waals surface area contributed by atoms with Crippen LogP contribution in [-0.4, -0.2) is 24.1 Å². The molecule has 29 heavy (non-hydrogen) atoms. The molecule has 3 aromatic heterocycles. The molecule has 0 spiro atoms. The van der Waals surface area contributed by atoms with E-state index in [-0.39, 0.29) is 11.6 Å². The van der Waals surface area contributed by atoms with Crippen LogP contribution in [0.4, 0.5) is 0 Å². The van der Waals surface area contributed by atoms with E-state index in [4.69, 9.17) is 15.0 Å². The first-order valence-electron chi connectivity index (χ1n) is 10.7. The molecule has 0 unspecified atom stereocenters. The van der Waals surface area contributed by atoms with Gasteiger partial charge in [0.15, 0.2) is 11.3 Å². The van der Waals surface area contributed by atoms with Gasteiger partial charge in [0.1, 0.15) is 16.7 Å². The largest absolute Gasteiger partial charge is 0.308 e. The number of hydrogen-bond donors (Lipinski definition) is 0. The number of fused-ring (bicyclic) bond motifs is 4. The van der Waals surface area contributed by atoms with E-state index < -0.39 is 0 Å². The predicted octanol–water partition coefficient (Wildman–Crippen LogP) is 4.76. The maximum Gasteiger partial charge on any atom is 0.265 e. The zero-order valence-corrected chi connectivity index (χ0v) is 17.4. The smallest absolute Gasteiger partial charge is 0.265 e. The lowest BCUT2D eigenvalue weighted by molar-refractivity contribution is 0.484. The number of hydrogen-bond acceptors (Lipinski definition) is 4. The van der Waals surface area contributed by atoms with Crippen LogP contribution in [0.25, 0.3) is 33.2 Å². The number of para-hydroxylation sites is 2. The molecule has 1 aliphatic carbocycles. The maximum absolute atomic E-state index is 13.7. The number of aromatic nitrogens is 5. The Balaban J connectivity index is 1.87. The molecule has 0 N–H and O–H groups in total. The van der Waals surface area contributed by atoms with Gasteiger partial charge in [0, 0.05) is 12.6 Å². The fraction of sp³-hybridized carbons (Fsp3) is 0.478. The molecule has 0 amide bonds. The van der Waals surface area contributed by atoms with Crippen molar-refractivity contribution in [3.05, 3.63) is 40.4 Å². The first-order chi connectivity index (χ1) is 14.0. The first-order valence-corrected chi connectivity index (χ1v) is 10.7. The minimum atomic E-state index is 0.0391. The van der Waals surface area contributed by atoms with Crippen molar-refractivity contribution in [3.8, 4) is 0 Å². The van der Waals surface area contributed by atoms with Crippen LogP contribution in [0.5, 0.6) is 0 Å². The number of nitrogens with zero attached hydrogens (tertiary/aromatic N) is 5. The van der Waals surface area contributed by atoms with Gasteiger partial charge in [0.25, 0.3) is 5.56 Å². The second-order valence-corrected chi connectivity index (χ2v) is 8.69. The molecule has 1 aliphatic rings. The second kappa shape index (κ2) is 6.94. The molecule has 6 nitrogen and oxygen atoms in total. The summed E-state index contributed by atoms with van der Waals surface area (Å²) in [7, 11) is 0. The normalized spacial score (nSPS) is 15.4. The van der Waals surface area contributed by atoms with Gasteiger partial charge in [-0.15, -0.1) is 0 Å². The molecule has 4 aromatic rings. The molecular formula is C23H27N5O.